The number of rotatable bonds is 4. The van der Waals surface area contributed by atoms with Gasteiger partial charge in [-0.15, -0.1) is 0 Å². The second-order valence-corrected chi connectivity index (χ2v) is 5.81. The lowest BCUT2D eigenvalue weighted by atomic mass is 9.74. The Morgan fingerprint density at radius 3 is 1.92 bits per heavy atom. The molecule has 0 aliphatic rings. The van der Waals surface area contributed by atoms with Crippen molar-refractivity contribution in [1.29, 1.82) is 0 Å². The Morgan fingerprint density at radius 1 is 1.00 bits per heavy atom. The van der Waals surface area contributed by atoms with E-state index in [0.717, 1.165) is 6.42 Å². The van der Waals surface area contributed by atoms with Gasteiger partial charge >= 0.3 is 0 Å². The molecular formula is C12H25N. The topological polar surface area (TPSA) is 26.0 Å². The lowest BCUT2D eigenvalue weighted by molar-refractivity contribution is 0.215. The summed E-state index contributed by atoms with van der Waals surface area (Å²) in [6.07, 6.45) is 6.62. The van der Waals surface area contributed by atoms with Gasteiger partial charge in [-0.1, -0.05) is 46.8 Å². The van der Waals surface area contributed by atoms with Crippen molar-refractivity contribution in [3.8, 4) is 0 Å². The quantitative estimate of drug-likeness (QED) is 0.665. The molecule has 0 amide bonds. The van der Waals surface area contributed by atoms with Crippen LogP contribution in [0, 0.1) is 10.8 Å². The fraction of sp³-hybridized carbons (Fsp3) is 0.833. The van der Waals surface area contributed by atoms with Crippen molar-refractivity contribution in [1.82, 2.24) is 0 Å². The van der Waals surface area contributed by atoms with Crippen molar-refractivity contribution >= 4 is 0 Å². The lowest BCUT2D eigenvalue weighted by Gasteiger charge is -2.31. The number of hydrogen-bond donors (Lipinski definition) is 1. The van der Waals surface area contributed by atoms with Crippen molar-refractivity contribution < 1.29 is 0 Å². The molecule has 0 saturated heterocycles. The van der Waals surface area contributed by atoms with Crippen LogP contribution in [0.5, 0.6) is 0 Å². The average Bonchev–Trinajstić information content (AvgIpc) is 1.81. The summed E-state index contributed by atoms with van der Waals surface area (Å²) in [5.41, 5.74) is 6.21. The van der Waals surface area contributed by atoms with Crippen LogP contribution in [0.15, 0.2) is 12.2 Å². The molecule has 13 heavy (non-hydrogen) atoms. The second-order valence-electron chi connectivity index (χ2n) is 5.81. The summed E-state index contributed by atoms with van der Waals surface area (Å²) in [6.45, 7) is 12.2. The van der Waals surface area contributed by atoms with E-state index in [4.69, 9.17) is 5.73 Å². The Hall–Kier alpha value is -0.300. The van der Waals surface area contributed by atoms with Gasteiger partial charge in [-0.3, -0.25) is 0 Å². The molecule has 0 radical (unpaired) electrons. The Balaban J connectivity index is 4.01. The fourth-order valence-corrected chi connectivity index (χ4v) is 2.01. The summed E-state index contributed by atoms with van der Waals surface area (Å²) in [5, 5.41) is 0. The highest BCUT2D eigenvalue weighted by Gasteiger charge is 2.23. The zero-order chi connectivity index (χ0) is 10.5. The largest absolute Gasteiger partial charge is 0.327 e. The predicted molar refractivity (Wildman–Crippen MR) is 60.7 cm³/mol. The third kappa shape index (κ3) is 8.04. The summed E-state index contributed by atoms with van der Waals surface area (Å²) in [7, 11) is 0. The van der Waals surface area contributed by atoms with Crippen molar-refractivity contribution in [2.24, 2.45) is 16.6 Å². The first-order valence-electron chi connectivity index (χ1n) is 5.12. The Kier molecular flexibility index (Phi) is 4.69. The number of nitrogens with two attached hydrogens (primary N) is 1. The van der Waals surface area contributed by atoms with Crippen LogP contribution < -0.4 is 5.73 Å². The monoisotopic (exact) mass is 183 g/mol. The van der Waals surface area contributed by atoms with Gasteiger partial charge in [0.15, 0.2) is 0 Å². The van der Waals surface area contributed by atoms with Crippen LogP contribution in [-0.2, 0) is 0 Å². The van der Waals surface area contributed by atoms with Gasteiger partial charge in [0.25, 0.3) is 0 Å². The third-order valence-electron chi connectivity index (χ3n) is 1.98. The first kappa shape index (κ1) is 12.7. The van der Waals surface area contributed by atoms with Crippen LogP contribution in [-0.4, -0.2) is 6.54 Å². The van der Waals surface area contributed by atoms with Crippen molar-refractivity contribution in [3.05, 3.63) is 12.2 Å². The van der Waals surface area contributed by atoms with Crippen molar-refractivity contribution in [2.75, 3.05) is 6.54 Å². The zero-order valence-corrected chi connectivity index (χ0v) is 9.85. The number of allylic oxidation sites excluding steroid dienone is 1. The van der Waals surface area contributed by atoms with Gasteiger partial charge in [-0.05, 0) is 23.7 Å². The van der Waals surface area contributed by atoms with E-state index in [0.29, 0.717) is 17.4 Å². The maximum absolute atomic E-state index is 5.40. The molecular weight excluding hydrogens is 158 g/mol. The SMILES string of the molecule is CC(C)(C)CC(C)(C)CC=CCN. The first-order chi connectivity index (χ1) is 5.77. The summed E-state index contributed by atoms with van der Waals surface area (Å²) in [4.78, 5) is 0. The van der Waals surface area contributed by atoms with E-state index in [1.165, 1.54) is 6.42 Å². The Morgan fingerprint density at radius 2 is 1.54 bits per heavy atom. The molecule has 0 unspecified atom stereocenters. The molecule has 0 rings (SSSR count). The van der Waals surface area contributed by atoms with Crippen LogP contribution in [0.3, 0.4) is 0 Å². The minimum absolute atomic E-state index is 0.393. The van der Waals surface area contributed by atoms with Gasteiger partial charge in [0.2, 0.25) is 0 Å². The highest BCUT2D eigenvalue weighted by atomic mass is 14.5. The molecule has 0 aromatic rings. The second kappa shape index (κ2) is 4.80. The van der Waals surface area contributed by atoms with E-state index < -0.39 is 0 Å². The molecule has 0 aliphatic carbocycles. The average molecular weight is 183 g/mol. The summed E-state index contributed by atoms with van der Waals surface area (Å²) >= 11 is 0. The molecule has 78 valence electrons. The van der Waals surface area contributed by atoms with E-state index in [9.17, 15) is 0 Å². The van der Waals surface area contributed by atoms with Crippen LogP contribution >= 0.6 is 0 Å². The summed E-state index contributed by atoms with van der Waals surface area (Å²) < 4.78 is 0. The van der Waals surface area contributed by atoms with Gasteiger partial charge in [0.1, 0.15) is 0 Å². The molecule has 0 aromatic heterocycles. The minimum Gasteiger partial charge on any atom is -0.327 e. The number of hydrogen-bond acceptors (Lipinski definition) is 1. The van der Waals surface area contributed by atoms with Crippen LogP contribution in [0.1, 0.15) is 47.5 Å². The molecule has 0 aliphatic heterocycles. The van der Waals surface area contributed by atoms with Gasteiger partial charge in [0, 0.05) is 6.54 Å². The first-order valence-corrected chi connectivity index (χ1v) is 5.12. The van der Waals surface area contributed by atoms with E-state index in [1.54, 1.807) is 0 Å². The molecule has 0 fully saturated rings. The van der Waals surface area contributed by atoms with Crippen molar-refractivity contribution in [2.45, 2.75) is 47.5 Å². The molecule has 0 atom stereocenters. The van der Waals surface area contributed by atoms with Crippen molar-refractivity contribution in [3.63, 3.8) is 0 Å². The highest BCUT2D eigenvalue weighted by Crippen LogP contribution is 2.35. The minimum atomic E-state index is 0.393. The molecule has 0 heterocycles. The maximum atomic E-state index is 5.40. The molecule has 0 saturated carbocycles. The van der Waals surface area contributed by atoms with E-state index in [2.05, 4.69) is 40.7 Å². The molecule has 1 heteroatoms. The van der Waals surface area contributed by atoms with Crippen LogP contribution in [0.4, 0.5) is 0 Å². The predicted octanol–water partition coefficient (Wildman–Crippen LogP) is 3.35. The summed E-state index contributed by atoms with van der Waals surface area (Å²) in [5.74, 6) is 0. The lowest BCUT2D eigenvalue weighted by Crippen LogP contribution is -2.20. The molecule has 0 aromatic carbocycles. The van der Waals surface area contributed by atoms with Gasteiger partial charge in [-0.2, -0.15) is 0 Å². The van der Waals surface area contributed by atoms with Crippen LogP contribution in [0.25, 0.3) is 0 Å². The normalized spacial score (nSPS) is 14.0. The zero-order valence-electron chi connectivity index (χ0n) is 9.85. The molecule has 2 N–H and O–H groups in total. The highest BCUT2D eigenvalue weighted by molar-refractivity contribution is 4.89. The molecule has 1 nitrogen and oxygen atoms in total. The van der Waals surface area contributed by atoms with Gasteiger partial charge in [-0.25, -0.2) is 0 Å². The van der Waals surface area contributed by atoms with Gasteiger partial charge in [0.05, 0.1) is 0 Å². The maximum Gasteiger partial charge on any atom is 0.0106 e. The standard InChI is InChI=1S/C12H25N/c1-11(2,3)10-12(4,5)8-6-7-9-13/h6-7H,8-10,13H2,1-5H3. The van der Waals surface area contributed by atoms with Crippen LogP contribution in [0.2, 0.25) is 0 Å². The van der Waals surface area contributed by atoms with E-state index in [-0.39, 0.29) is 0 Å². The third-order valence-corrected chi connectivity index (χ3v) is 1.98. The molecule has 0 bridgehead atoms. The van der Waals surface area contributed by atoms with E-state index >= 15 is 0 Å². The van der Waals surface area contributed by atoms with E-state index in [1.807, 2.05) is 6.08 Å². The smallest absolute Gasteiger partial charge is 0.0106 e. The molecule has 0 spiro atoms. The Labute approximate surface area is 83.4 Å². The fourth-order valence-electron chi connectivity index (χ4n) is 2.01. The Bertz CT molecular complexity index is 160. The summed E-state index contributed by atoms with van der Waals surface area (Å²) in [6, 6.07) is 0. The van der Waals surface area contributed by atoms with Gasteiger partial charge < -0.3 is 5.73 Å².